The summed E-state index contributed by atoms with van der Waals surface area (Å²) in [4.78, 5) is 21.8. The molecule has 1 saturated heterocycles. The number of thiazole rings is 1. The maximum absolute atomic E-state index is 12.9. The van der Waals surface area contributed by atoms with Gasteiger partial charge < -0.3 is 19.3 Å². The highest BCUT2D eigenvalue weighted by molar-refractivity contribution is 7.22. The van der Waals surface area contributed by atoms with Gasteiger partial charge in [0, 0.05) is 31.7 Å². The summed E-state index contributed by atoms with van der Waals surface area (Å²) in [5.74, 6) is 1.58. The van der Waals surface area contributed by atoms with E-state index in [1.807, 2.05) is 41.3 Å². The summed E-state index contributed by atoms with van der Waals surface area (Å²) in [6.45, 7) is 5.58. The number of nitrogens with zero attached hydrogens (tertiary/aromatic N) is 3. The summed E-state index contributed by atoms with van der Waals surface area (Å²) >= 11 is 7.91. The van der Waals surface area contributed by atoms with Crippen molar-refractivity contribution < 1.29 is 14.3 Å². The number of carbonyl (C=O) groups excluding carboxylic acids is 1. The van der Waals surface area contributed by atoms with Crippen molar-refractivity contribution in [3.63, 3.8) is 0 Å². The molecule has 0 spiro atoms. The number of fused-ring (bicyclic) bond motifs is 1. The number of methoxy groups -OCH3 is 1. The number of benzene rings is 2. The smallest absolute Gasteiger partial charge is 0.253 e. The average molecular weight is 460 g/mol. The van der Waals surface area contributed by atoms with Gasteiger partial charge in [-0.15, -0.1) is 0 Å². The minimum absolute atomic E-state index is 0.0498. The van der Waals surface area contributed by atoms with Crippen molar-refractivity contribution in [1.29, 1.82) is 0 Å². The molecule has 0 bridgehead atoms. The van der Waals surface area contributed by atoms with Gasteiger partial charge in [0.15, 0.2) is 5.13 Å². The van der Waals surface area contributed by atoms with Crippen molar-refractivity contribution >= 4 is 44.2 Å². The highest BCUT2D eigenvalue weighted by Crippen LogP contribution is 2.38. The van der Waals surface area contributed by atoms with Gasteiger partial charge in [0.05, 0.1) is 23.4 Å². The van der Waals surface area contributed by atoms with Crippen LogP contribution >= 0.6 is 22.9 Å². The van der Waals surface area contributed by atoms with Crippen LogP contribution in [-0.2, 0) is 0 Å². The van der Waals surface area contributed by atoms with Crippen molar-refractivity contribution in [2.24, 2.45) is 0 Å². The number of aromatic nitrogens is 1. The van der Waals surface area contributed by atoms with Crippen LogP contribution in [-0.4, -0.2) is 55.7 Å². The number of anilines is 1. The Morgan fingerprint density at radius 1 is 1.13 bits per heavy atom. The largest absolute Gasteiger partial charge is 0.494 e. The Morgan fingerprint density at radius 2 is 1.87 bits per heavy atom. The lowest BCUT2D eigenvalue weighted by molar-refractivity contribution is 0.0746. The molecule has 1 aliphatic heterocycles. The fourth-order valence-corrected chi connectivity index (χ4v) is 4.86. The van der Waals surface area contributed by atoms with Crippen LogP contribution in [0.3, 0.4) is 0 Å². The molecule has 1 aromatic heterocycles. The first-order valence-electron chi connectivity index (χ1n) is 10.5. The molecule has 0 radical (unpaired) electrons. The van der Waals surface area contributed by atoms with E-state index in [9.17, 15) is 4.79 Å². The van der Waals surface area contributed by atoms with Crippen molar-refractivity contribution in [2.45, 2.75) is 19.8 Å². The van der Waals surface area contributed by atoms with Crippen LogP contribution in [0, 0.1) is 0 Å². The van der Waals surface area contributed by atoms with Gasteiger partial charge in [0.25, 0.3) is 5.91 Å². The summed E-state index contributed by atoms with van der Waals surface area (Å²) in [6, 6.07) is 11.1. The maximum atomic E-state index is 12.9. The molecule has 2 aromatic carbocycles. The molecule has 164 valence electrons. The minimum atomic E-state index is 0.0498. The van der Waals surface area contributed by atoms with Gasteiger partial charge >= 0.3 is 0 Å². The summed E-state index contributed by atoms with van der Waals surface area (Å²) in [5, 5.41) is 1.58. The van der Waals surface area contributed by atoms with Crippen molar-refractivity contribution in [2.75, 3.05) is 44.8 Å². The first-order chi connectivity index (χ1) is 15.1. The number of hydrogen-bond acceptors (Lipinski definition) is 6. The molecule has 0 N–H and O–H groups in total. The van der Waals surface area contributed by atoms with Crippen molar-refractivity contribution in [3.05, 3.63) is 47.0 Å². The minimum Gasteiger partial charge on any atom is -0.494 e. The van der Waals surface area contributed by atoms with E-state index < -0.39 is 0 Å². The SMILES string of the molecule is CCCCOc1ccc(C(=O)N2CCN(c3nc4c(OC)ccc(Cl)c4s3)CC2)cc1. The molecule has 3 aromatic rings. The first-order valence-corrected chi connectivity index (χ1v) is 11.7. The van der Waals surface area contributed by atoms with Crippen LogP contribution in [0.1, 0.15) is 30.1 Å². The maximum Gasteiger partial charge on any atom is 0.253 e. The van der Waals surface area contributed by atoms with E-state index in [0.29, 0.717) is 30.3 Å². The normalized spacial score (nSPS) is 14.2. The summed E-state index contributed by atoms with van der Waals surface area (Å²) in [5.41, 5.74) is 1.47. The van der Waals surface area contributed by atoms with E-state index >= 15 is 0 Å². The number of amides is 1. The van der Waals surface area contributed by atoms with Crippen LogP contribution in [0.4, 0.5) is 5.13 Å². The van der Waals surface area contributed by atoms with E-state index in [2.05, 4.69) is 11.8 Å². The number of hydrogen-bond donors (Lipinski definition) is 0. The zero-order chi connectivity index (χ0) is 21.8. The van der Waals surface area contributed by atoms with Gasteiger partial charge in [-0.1, -0.05) is 36.3 Å². The fraction of sp³-hybridized carbons (Fsp3) is 0.391. The molecule has 1 amide bonds. The molecule has 2 heterocycles. The second kappa shape index (κ2) is 9.75. The monoisotopic (exact) mass is 459 g/mol. The fourth-order valence-electron chi connectivity index (χ4n) is 3.55. The second-order valence-corrected chi connectivity index (χ2v) is 8.81. The van der Waals surface area contributed by atoms with Gasteiger partial charge in [-0.3, -0.25) is 4.79 Å². The molecule has 4 rings (SSSR count). The third kappa shape index (κ3) is 4.72. The number of rotatable bonds is 7. The van der Waals surface area contributed by atoms with Crippen LogP contribution < -0.4 is 14.4 Å². The summed E-state index contributed by atoms with van der Waals surface area (Å²) in [7, 11) is 1.63. The molecule has 0 saturated carbocycles. The van der Waals surface area contributed by atoms with E-state index in [1.54, 1.807) is 18.4 Å². The Hall–Kier alpha value is -2.51. The Kier molecular flexibility index (Phi) is 6.83. The number of halogens is 1. The standard InChI is InChI=1S/C23H26ClN3O3S/c1-3-4-15-30-17-7-5-16(6-8-17)22(28)26-11-13-27(14-12-26)23-25-20-19(29-2)10-9-18(24)21(20)31-23/h5-10H,3-4,11-15H2,1-2H3. The Balaban J connectivity index is 1.39. The van der Waals surface area contributed by atoms with Crippen molar-refractivity contribution in [3.8, 4) is 11.5 Å². The Bertz CT molecular complexity index is 1050. The highest BCUT2D eigenvalue weighted by Gasteiger charge is 2.25. The van der Waals surface area contributed by atoms with Crippen LogP contribution in [0.15, 0.2) is 36.4 Å². The molecule has 0 atom stereocenters. The van der Waals surface area contributed by atoms with Gasteiger partial charge in [-0.25, -0.2) is 4.98 Å². The summed E-state index contributed by atoms with van der Waals surface area (Å²) in [6.07, 6.45) is 2.12. The van der Waals surface area contributed by atoms with E-state index in [1.165, 1.54) is 0 Å². The second-order valence-electron chi connectivity index (χ2n) is 7.43. The Morgan fingerprint density at radius 3 is 2.55 bits per heavy atom. The molecule has 8 heteroatoms. The molecule has 1 aliphatic rings. The number of piperazine rings is 1. The number of ether oxygens (including phenoxy) is 2. The third-order valence-electron chi connectivity index (χ3n) is 5.37. The molecule has 0 unspecified atom stereocenters. The quantitative estimate of drug-likeness (QED) is 0.460. The molecule has 0 aliphatic carbocycles. The van der Waals surface area contributed by atoms with Crippen LogP contribution in [0.5, 0.6) is 11.5 Å². The lowest BCUT2D eigenvalue weighted by Crippen LogP contribution is -2.48. The summed E-state index contributed by atoms with van der Waals surface area (Å²) < 4.78 is 12.0. The highest BCUT2D eigenvalue weighted by atomic mass is 35.5. The van der Waals surface area contributed by atoms with Crippen LogP contribution in [0.2, 0.25) is 5.02 Å². The van der Waals surface area contributed by atoms with E-state index in [0.717, 1.165) is 52.8 Å². The van der Waals surface area contributed by atoms with Crippen molar-refractivity contribution in [1.82, 2.24) is 9.88 Å². The van der Waals surface area contributed by atoms with Crippen LogP contribution in [0.25, 0.3) is 10.2 Å². The predicted molar refractivity (Wildman–Crippen MR) is 126 cm³/mol. The molecule has 6 nitrogen and oxygen atoms in total. The van der Waals surface area contributed by atoms with Gasteiger partial charge in [0.1, 0.15) is 17.0 Å². The van der Waals surface area contributed by atoms with Gasteiger partial charge in [-0.05, 0) is 42.8 Å². The average Bonchev–Trinajstić information content (AvgIpc) is 3.26. The molecular weight excluding hydrogens is 434 g/mol. The molecule has 1 fully saturated rings. The third-order valence-corrected chi connectivity index (χ3v) is 6.95. The van der Waals surface area contributed by atoms with Gasteiger partial charge in [-0.2, -0.15) is 0 Å². The molecular formula is C23H26ClN3O3S. The number of carbonyl (C=O) groups is 1. The van der Waals surface area contributed by atoms with E-state index in [4.69, 9.17) is 26.1 Å². The zero-order valence-corrected chi connectivity index (χ0v) is 19.3. The first kappa shape index (κ1) is 21.7. The Labute approximate surface area is 191 Å². The molecule has 31 heavy (non-hydrogen) atoms. The number of unbranched alkanes of at least 4 members (excludes halogenated alkanes) is 1. The topological polar surface area (TPSA) is 54.9 Å². The lowest BCUT2D eigenvalue weighted by atomic mass is 10.1. The van der Waals surface area contributed by atoms with Gasteiger partial charge in [0.2, 0.25) is 0 Å². The lowest BCUT2D eigenvalue weighted by Gasteiger charge is -2.34. The predicted octanol–water partition coefficient (Wildman–Crippen LogP) is 5.10. The van der Waals surface area contributed by atoms with E-state index in [-0.39, 0.29) is 5.91 Å². The zero-order valence-electron chi connectivity index (χ0n) is 17.8.